The van der Waals surface area contributed by atoms with Gasteiger partial charge in [-0.2, -0.15) is 0 Å². The number of fused-ring (bicyclic) bond motifs is 8. The number of rotatable bonds is 5. The molecule has 254 valence electrons. The third kappa shape index (κ3) is 5.03. The molecule has 0 bridgehead atoms. The lowest BCUT2D eigenvalue weighted by Crippen LogP contribution is -2.36. The lowest BCUT2D eigenvalue weighted by atomic mass is 9.85. The summed E-state index contributed by atoms with van der Waals surface area (Å²) in [4.78, 5) is 1.97. The molecule has 3 unspecified atom stereocenters. The number of halogens is 1. The predicted octanol–water partition coefficient (Wildman–Crippen LogP) is 10.9. The average molecular weight is 681 g/mol. The molecular weight excluding hydrogens is 644 g/mol. The predicted molar refractivity (Wildman–Crippen MR) is 212 cm³/mol. The first-order valence-electron chi connectivity index (χ1n) is 18.1. The Bertz CT molecular complexity index is 2880. The van der Waals surface area contributed by atoms with Gasteiger partial charge in [0.1, 0.15) is 28.0 Å². The second-order valence-electron chi connectivity index (χ2n) is 14.6. The van der Waals surface area contributed by atoms with Crippen LogP contribution in [-0.4, -0.2) is 6.04 Å². The summed E-state index contributed by atoms with van der Waals surface area (Å²) < 4.78 is 28.4. The molecule has 52 heavy (non-hydrogen) atoms. The van der Waals surface area contributed by atoms with Crippen LogP contribution in [0.2, 0.25) is 0 Å². The number of nitrogens with one attached hydrogen (secondary N) is 1. The fraction of sp³-hybridized carbons (Fsp3) is 0.149. The Hall–Kier alpha value is -6.07. The van der Waals surface area contributed by atoms with Crippen molar-refractivity contribution in [3.63, 3.8) is 0 Å². The lowest BCUT2D eigenvalue weighted by molar-refractivity contribution is 0.500. The third-order valence-corrected chi connectivity index (χ3v) is 11.2. The number of hydrogen-bond acceptors (Lipinski definition) is 4. The molecule has 3 aliphatic carbocycles. The van der Waals surface area contributed by atoms with E-state index in [0.717, 1.165) is 77.7 Å². The molecule has 7 aromatic rings. The maximum absolute atomic E-state index is 15.3. The Morgan fingerprint density at radius 3 is 2.44 bits per heavy atom. The number of benzene rings is 5. The second kappa shape index (κ2) is 11.7. The van der Waals surface area contributed by atoms with Gasteiger partial charge in [0.05, 0.1) is 11.7 Å². The Morgan fingerprint density at radius 2 is 1.56 bits per heavy atom. The van der Waals surface area contributed by atoms with Crippen LogP contribution in [-0.2, 0) is 0 Å². The molecule has 5 aromatic carbocycles. The lowest BCUT2D eigenvalue weighted by Gasteiger charge is -2.30. The fourth-order valence-electron chi connectivity index (χ4n) is 8.20. The van der Waals surface area contributed by atoms with E-state index >= 15 is 4.39 Å². The molecule has 5 heteroatoms. The first-order chi connectivity index (χ1) is 25.4. The molecule has 0 amide bonds. The SMILES string of the molecule is CC1=CC=CC(NC2=CC=C3C=c4c(oc5cc6c(cc45)oc4cc5cc(N(c7cccc(C)c7)c7ccccc7F)ccc5cc46)=CC3C2)C1C. The molecular formula is C47H37FN2O2. The van der Waals surface area contributed by atoms with Gasteiger partial charge in [0, 0.05) is 50.3 Å². The van der Waals surface area contributed by atoms with E-state index in [4.69, 9.17) is 8.83 Å². The van der Waals surface area contributed by atoms with Gasteiger partial charge in [-0.3, -0.25) is 0 Å². The van der Waals surface area contributed by atoms with Gasteiger partial charge in [-0.25, -0.2) is 4.39 Å². The molecule has 3 atom stereocenters. The molecule has 3 aliphatic rings. The zero-order valence-electron chi connectivity index (χ0n) is 29.3. The maximum atomic E-state index is 15.3. The molecule has 0 saturated carbocycles. The molecule has 0 radical (unpaired) electrons. The van der Waals surface area contributed by atoms with E-state index in [1.165, 1.54) is 22.9 Å². The van der Waals surface area contributed by atoms with Gasteiger partial charge in [-0.1, -0.05) is 67.1 Å². The van der Waals surface area contributed by atoms with E-state index in [0.29, 0.717) is 17.6 Å². The van der Waals surface area contributed by atoms with Crippen LogP contribution in [0.4, 0.5) is 21.5 Å². The van der Waals surface area contributed by atoms with Gasteiger partial charge in [-0.05, 0) is 121 Å². The Morgan fingerprint density at radius 1 is 0.750 bits per heavy atom. The standard InChI is InChI=1S/C47H37FN2O2/c1-27-8-6-10-35(18-27)50(43-13-5-4-11-41(43)48)36-17-15-31-22-38-40-26-46-39(25-47(40)52-45(38)24-33(31)20-36)37-21-30-14-16-34(19-32(30)23-44(37)51-46)49-42-12-7-9-28(2)29(42)3/h4-18,20-26,29,32,42,49H,19H2,1-3H3. The highest BCUT2D eigenvalue weighted by atomic mass is 19.1. The van der Waals surface area contributed by atoms with Crippen molar-refractivity contribution in [3.8, 4) is 0 Å². The summed E-state index contributed by atoms with van der Waals surface area (Å²) in [5.74, 6) is 0.451. The number of para-hydroxylation sites is 1. The zero-order valence-corrected chi connectivity index (χ0v) is 29.3. The van der Waals surface area contributed by atoms with Gasteiger partial charge in [0.2, 0.25) is 0 Å². The van der Waals surface area contributed by atoms with Crippen molar-refractivity contribution in [2.75, 3.05) is 4.90 Å². The van der Waals surface area contributed by atoms with Gasteiger partial charge in [0.25, 0.3) is 0 Å². The molecule has 4 nitrogen and oxygen atoms in total. The number of aryl methyl sites for hydroxylation is 1. The highest BCUT2D eigenvalue weighted by Crippen LogP contribution is 2.40. The van der Waals surface area contributed by atoms with E-state index in [2.05, 4.69) is 123 Å². The summed E-state index contributed by atoms with van der Waals surface area (Å²) in [5.41, 5.74) is 10.7. The average Bonchev–Trinajstić information content (AvgIpc) is 3.67. The summed E-state index contributed by atoms with van der Waals surface area (Å²) in [5, 5.41) is 10.1. The van der Waals surface area contributed by atoms with Gasteiger partial charge < -0.3 is 19.1 Å². The summed E-state index contributed by atoms with van der Waals surface area (Å²) >= 11 is 0. The van der Waals surface area contributed by atoms with Gasteiger partial charge in [-0.15, -0.1) is 0 Å². The summed E-state index contributed by atoms with van der Waals surface area (Å²) in [6.07, 6.45) is 16.6. The van der Waals surface area contributed by atoms with Crippen LogP contribution < -0.4 is 20.9 Å². The minimum atomic E-state index is -0.276. The number of nitrogens with zero attached hydrogens (tertiary/aromatic N) is 1. The second-order valence-corrected chi connectivity index (χ2v) is 14.6. The quantitative estimate of drug-likeness (QED) is 0.196. The number of hydrogen-bond donors (Lipinski definition) is 1. The van der Waals surface area contributed by atoms with Crippen molar-refractivity contribution in [1.82, 2.24) is 5.32 Å². The fourth-order valence-corrected chi connectivity index (χ4v) is 8.20. The molecule has 1 N–H and O–H groups in total. The largest absolute Gasteiger partial charge is 0.456 e. The maximum Gasteiger partial charge on any atom is 0.147 e. The van der Waals surface area contributed by atoms with Crippen LogP contribution in [0.3, 0.4) is 0 Å². The minimum absolute atomic E-state index is 0.264. The van der Waals surface area contributed by atoms with Crippen LogP contribution in [0.15, 0.2) is 147 Å². The van der Waals surface area contributed by atoms with Crippen LogP contribution in [0.5, 0.6) is 0 Å². The van der Waals surface area contributed by atoms with Gasteiger partial charge in [0.15, 0.2) is 0 Å². The highest BCUT2D eigenvalue weighted by Gasteiger charge is 2.25. The van der Waals surface area contributed by atoms with E-state index in [9.17, 15) is 0 Å². The summed E-state index contributed by atoms with van der Waals surface area (Å²) in [6, 6.07) is 30.2. The molecule has 0 aliphatic heterocycles. The molecule has 10 rings (SSSR count). The smallest absolute Gasteiger partial charge is 0.147 e. The van der Waals surface area contributed by atoms with Crippen molar-refractivity contribution in [3.05, 3.63) is 160 Å². The number of allylic oxidation sites excluding steroid dienone is 6. The van der Waals surface area contributed by atoms with Gasteiger partial charge >= 0.3 is 0 Å². The first kappa shape index (κ1) is 30.7. The minimum Gasteiger partial charge on any atom is -0.456 e. The Kier molecular flexibility index (Phi) is 6.94. The normalized spacial score (nSPS) is 19.5. The van der Waals surface area contributed by atoms with Crippen LogP contribution in [0.25, 0.3) is 55.8 Å². The molecule has 0 saturated heterocycles. The topological polar surface area (TPSA) is 41.6 Å². The van der Waals surface area contributed by atoms with E-state index in [1.54, 1.807) is 6.07 Å². The Labute approximate surface area is 300 Å². The zero-order chi connectivity index (χ0) is 35.1. The van der Waals surface area contributed by atoms with Crippen LogP contribution in [0, 0.1) is 24.6 Å². The first-order valence-corrected chi connectivity index (χ1v) is 18.1. The van der Waals surface area contributed by atoms with E-state index < -0.39 is 0 Å². The number of furan rings is 2. The third-order valence-electron chi connectivity index (χ3n) is 11.2. The van der Waals surface area contributed by atoms with Crippen molar-refractivity contribution in [2.45, 2.75) is 33.2 Å². The van der Waals surface area contributed by atoms with E-state index in [1.807, 2.05) is 29.2 Å². The van der Waals surface area contributed by atoms with Crippen molar-refractivity contribution in [1.29, 1.82) is 0 Å². The monoisotopic (exact) mass is 680 g/mol. The van der Waals surface area contributed by atoms with Crippen molar-refractivity contribution >= 4 is 72.9 Å². The molecule has 0 spiro atoms. The van der Waals surface area contributed by atoms with Crippen LogP contribution in [0.1, 0.15) is 25.8 Å². The van der Waals surface area contributed by atoms with Crippen molar-refractivity contribution < 1.29 is 13.2 Å². The molecule has 2 heterocycles. The molecule has 2 aromatic heterocycles. The van der Waals surface area contributed by atoms with Crippen molar-refractivity contribution in [2.24, 2.45) is 11.8 Å². The van der Waals surface area contributed by atoms with Crippen LogP contribution >= 0.6 is 0 Å². The van der Waals surface area contributed by atoms with E-state index in [-0.39, 0.29) is 11.7 Å². The molecule has 0 fully saturated rings. The summed E-state index contributed by atoms with van der Waals surface area (Å²) in [6.45, 7) is 6.54. The number of anilines is 3. The highest BCUT2D eigenvalue weighted by molar-refractivity contribution is 6.13. The Balaban J connectivity index is 1.03. The summed E-state index contributed by atoms with van der Waals surface area (Å²) in [7, 11) is 0.